The Morgan fingerprint density at radius 3 is 1.19 bits per heavy atom. The van der Waals surface area contributed by atoms with Crippen molar-refractivity contribution >= 4 is 0 Å². The van der Waals surface area contributed by atoms with Gasteiger partial charge in [0.15, 0.2) is 0 Å². The van der Waals surface area contributed by atoms with E-state index in [9.17, 15) is 0 Å². The second kappa shape index (κ2) is 24.3. The van der Waals surface area contributed by atoms with E-state index in [1.807, 2.05) is 13.8 Å². The molecule has 0 saturated heterocycles. The summed E-state index contributed by atoms with van der Waals surface area (Å²) in [5.74, 6) is 0.904. The highest BCUT2D eigenvalue weighted by Crippen LogP contribution is 2.06. The van der Waals surface area contributed by atoms with Crippen LogP contribution in [0.4, 0.5) is 0 Å². The third-order valence-corrected chi connectivity index (χ3v) is 2.34. The third kappa shape index (κ3) is 37.0. The van der Waals surface area contributed by atoms with Gasteiger partial charge in [0.2, 0.25) is 0 Å². The van der Waals surface area contributed by atoms with Crippen molar-refractivity contribution in [3.8, 4) is 0 Å². The summed E-state index contributed by atoms with van der Waals surface area (Å²) in [7, 11) is 0. The molecule has 0 radical (unpaired) electrons. The maximum Gasteiger partial charge on any atom is -0.0471 e. The van der Waals surface area contributed by atoms with Crippen LogP contribution in [0, 0.1) is 5.92 Å². The van der Waals surface area contributed by atoms with Crippen LogP contribution in [0.5, 0.6) is 0 Å². The normalized spacial score (nSPS) is 9.00. The van der Waals surface area contributed by atoms with Gasteiger partial charge < -0.3 is 0 Å². The lowest BCUT2D eigenvalue weighted by Gasteiger charge is -2.00. The summed E-state index contributed by atoms with van der Waals surface area (Å²) < 4.78 is 0. The zero-order chi connectivity index (χ0) is 13.2. The molecule has 0 unspecified atom stereocenters. The molecule has 0 aromatic rings. The molecule has 0 amide bonds. The fourth-order valence-corrected chi connectivity index (χ4v) is 1.30. The maximum absolute atomic E-state index is 2.29. The first-order chi connectivity index (χ1) is 7.68. The molecule has 0 spiro atoms. The molecule has 0 rings (SSSR count). The minimum Gasteiger partial charge on any atom is -0.0683 e. The van der Waals surface area contributed by atoms with Crippen molar-refractivity contribution in [1.29, 1.82) is 0 Å². The number of unbranched alkanes of at least 4 members (excludes halogenated alkanes) is 5. The molecule has 0 saturated carbocycles. The lowest BCUT2D eigenvalue weighted by molar-refractivity contribution is 0.534. The quantitative estimate of drug-likeness (QED) is 0.420. The molecule has 0 heterocycles. The first-order valence-electron chi connectivity index (χ1n) is 7.68. The van der Waals surface area contributed by atoms with Crippen molar-refractivity contribution in [2.75, 3.05) is 0 Å². The monoisotopic (exact) mass is 230 g/mol. The Bertz CT molecular complexity index is 70.1. The van der Waals surface area contributed by atoms with E-state index in [0.717, 1.165) is 5.92 Å². The van der Waals surface area contributed by atoms with Gasteiger partial charge in [-0.05, 0) is 5.92 Å². The summed E-state index contributed by atoms with van der Waals surface area (Å²) in [6, 6.07) is 0. The number of hydrogen-bond acceptors (Lipinski definition) is 0. The lowest BCUT2D eigenvalue weighted by atomic mass is 10.1. The van der Waals surface area contributed by atoms with Crippen LogP contribution in [-0.4, -0.2) is 0 Å². The minimum absolute atomic E-state index is 0.904. The number of hydrogen-bond donors (Lipinski definition) is 0. The van der Waals surface area contributed by atoms with Crippen molar-refractivity contribution in [1.82, 2.24) is 0 Å². The van der Waals surface area contributed by atoms with Crippen LogP contribution in [0.25, 0.3) is 0 Å². The van der Waals surface area contributed by atoms with Gasteiger partial charge in [-0.15, -0.1) is 0 Å². The van der Waals surface area contributed by atoms with Gasteiger partial charge in [0.05, 0.1) is 0 Å². The number of rotatable bonds is 7. The summed E-state index contributed by atoms with van der Waals surface area (Å²) in [6.45, 7) is 15.3. The molecular weight excluding hydrogens is 192 g/mol. The van der Waals surface area contributed by atoms with Crippen molar-refractivity contribution < 1.29 is 0 Å². The Kier molecular flexibility index (Phi) is 32.3. The molecule has 0 aromatic carbocycles. The third-order valence-electron chi connectivity index (χ3n) is 2.34. The Morgan fingerprint density at radius 1 is 0.625 bits per heavy atom. The minimum atomic E-state index is 0.904. The summed E-state index contributed by atoms with van der Waals surface area (Å²) in [6.07, 6.45) is 11.1. The molecule has 0 fully saturated rings. The largest absolute Gasteiger partial charge is 0.0683 e. The Morgan fingerprint density at radius 2 is 0.938 bits per heavy atom. The van der Waals surface area contributed by atoms with Crippen molar-refractivity contribution in [3.05, 3.63) is 0 Å². The average Bonchev–Trinajstić information content (AvgIpc) is 2.30. The molecule has 102 valence electrons. The van der Waals surface area contributed by atoms with E-state index in [1.165, 1.54) is 51.4 Å². The average molecular weight is 230 g/mol. The molecular formula is C16H38. The van der Waals surface area contributed by atoms with E-state index in [1.54, 1.807) is 0 Å². The molecule has 0 bridgehead atoms. The zero-order valence-corrected chi connectivity index (χ0v) is 13.2. The molecule has 0 aliphatic carbocycles. The predicted molar refractivity (Wildman–Crippen MR) is 80.1 cm³/mol. The standard InChI is InChI=1S/C8H18.C6H14.C2H6/c1-4-5-6-7-8(2)3;1-3-5-6-4-2;1-2/h8H,4-7H2,1-3H3;3-6H2,1-2H3;1-2H3. The molecule has 0 aromatic heterocycles. The highest BCUT2D eigenvalue weighted by atomic mass is 14.0. The van der Waals surface area contributed by atoms with Crippen LogP contribution in [0.2, 0.25) is 0 Å². The smallest absolute Gasteiger partial charge is 0.0471 e. The van der Waals surface area contributed by atoms with Crippen LogP contribution in [0.1, 0.15) is 99.8 Å². The predicted octanol–water partition coefficient (Wildman–Crippen LogP) is 6.84. The summed E-state index contributed by atoms with van der Waals surface area (Å²) in [5.41, 5.74) is 0. The lowest BCUT2D eigenvalue weighted by Crippen LogP contribution is -1.85. The van der Waals surface area contributed by atoms with E-state index in [2.05, 4.69) is 34.6 Å². The summed E-state index contributed by atoms with van der Waals surface area (Å²) in [5, 5.41) is 0. The second-order valence-electron chi connectivity index (χ2n) is 4.60. The van der Waals surface area contributed by atoms with Crippen LogP contribution in [0.15, 0.2) is 0 Å². The molecule has 0 aliphatic heterocycles. The molecule has 0 aliphatic rings. The Hall–Kier alpha value is 0. The van der Waals surface area contributed by atoms with E-state index < -0.39 is 0 Å². The zero-order valence-electron chi connectivity index (χ0n) is 13.2. The summed E-state index contributed by atoms with van der Waals surface area (Å²) in [4.78, 5) is 0. The fourth-order valence-electron chi connectivity index (χ4n) is 1.30. The summed E-state index contributed by atoms with van der Waals surface area (Å²) >= 11 is 0. The van der Waals surface area contributed by atoms with E-state index in [4.69, 9.17) is 0 Å². The molecule has 16 heavy (non-hydrogen) atoms. The maximum atomic E-state index is 2.29. The Balaban J connectivity index is -0.000000188. The van der Waals surface area contributed by atoms with Crippen molar-refractivity contribution in [2.24, 2.45) is 5.92 Å². The van der Waals surface area contributed by atoms with E-state index >= 15 is 0 Å². The van der Waals surface area contributed by atoms with Gasteiger partial charge in [0.25, 0.3) is 0 Å². The highest BCUT2D eigenvalue weighted by Gasteiger charge is 1.90. The van der Waals surface area contributed by atoms with E-state index in [0.29, 0.717) is 0 Å². The van der Waals surface area contributed by atoms with Crippen molar-refractivity contribution in [2.45, 2.75) is 99.8 Å². The van der Waals surface area contributed by atoms with Gasteiger partial charge in [-0.2, -0.15) is 0 Å². The van der Waals surface area contributed by atoms with Gasteiger partial charge in [0.1, 0.15) is 0 Å². The highest BCUT2D eigenvalue weighted by molar-refractivity contribution is 4.44. The van der Waals surface area contributed by atoms with Gasteiger partial charge in [0, 0.05) is 0 Å². The van der Waals surface area contributed by atoms with Crippen LogP contribution < -0.4 is 0 Å². The molecule has 0 N–H and O–H groups in total. The van der Waals surface area contributed by atoms with Gasteiger partial charge in [-0.1, -0.05) is 99.8 Å². The fraction of sp³-hybridized carbons (Fsp3) is 1.00. The molecule has 0 atom stereocenters. The first-order valence-corrected chi connectivity index (χ1v) is 7.68. The molecule has 0 heteroatoms. The van der Waals surface area contributed by atoms with Gasteiger partial charge >= 0.3 is 0 Å². The first kappa shape index (κ1) is 21.3. The van der Waals surface area contributed by atoms with Crippen molar-refractivity contribution in [3.63, 3.8) is 0 Å². The van der Waals surface area contributed by atoms with Gasteiger partial charge in [-0.3, -0.25) is 0 Å². The van der Waals surface area contributed by atoms with Crippen LogP contribution in [0.3, 0.4) is 0 Å². The van der Waals surface area contributed by atoms with E-state index in [-0.39, 0.29) is 0 Å². The second-order valence-corrected chi connectivity index (χ2v) is 4.60. The Labute approximate surface area is 106 Å². The van der Waals surface area contributed by atoms with Crippen LogP contribution >= 0.6 is 0 Å². The molecule has 0 nitrogen and oxygen atoms in total. The SMILES string of the molecule is CC.CCCCCC.CCCCCC(C)C. The van der Waals surface area contributed by atoms with Crippen LogP contribution in [-0.2, 0) is 0 Å². The topological polar surface area (TPSA) is 0 Å². The van der Waals surface area contributed by atoms with Gasteiger partial charge in [-0.25, -0.2) is 0 Å².